The van der Waals surface area contributed by atoms with Gasteiger partial charge in [0.25, 0.3) is 0 Å². The van der Waals surface area contributed by atoms with Crippen LogP contribution in [0, 0.1) is 6.92 Å². The monoisotopic (exact) mass is 408 g/mol. The molecule has 0 atom stereocenters. The molecule has 156 valence electrons. The Hall–Kier alpha value is -3.33. The van der Waals surface area contributed by atoms with Gasteiger partial charge in [0, 0.05) is 43.5 Å². The molecule has 1 aromatic carbocycles. The van der Waals surface area contributed by atoms with Crippen molar-refractivity contribution in [3.05, 3.63) is 48.2 Å². The smallest absolute Gasteiger partial charge is 0.409 e. The SMILES string of the molecule is CCOC(=O)N1CCN(Cc2nc(-c3ccc(-c4ccnc(C)n4)cc3)no2)CC1. The lowest BCUT2D eigenvalue weighted by molar-refractivity contribution is 0.0749. The first-order valence-electron chi connectivity index (χ1n) is 9.99. The van der Waals surface area contributed by atoms with Crippen molar-refractivity contribution in [3.8, 4) is 22.6 Å². The number of aryl methyl sites for hydroxylation is 1. The van der Waals surface area contributed by atoms with E-state index in [-0.39, 0.29) is 6.09 Å². The van der Waals surface area contributed by atoms with Gasteiger partial charge in [-0.15, -0.1) is 0 Å². The van der Waals surface area contributed by atoms with Crippen LogP contribution in [0.1, 0.15) is 18.6 Å². The predicted octanol–water partition coefficient (Wildman–Crippen LogP) is 2.78. The summed E-state index contributed by atoms with van der Waals surface area (Å²) in [7, 11) is 0. The maximum absolute atomic E-state index is 11.8. The molecule has 1 aliphatic heterocycles. The zero-order valence-corrected chi connectivity index (χ0v) is 17.1. The summed E-state index contributed by atoms with van der Waals surface area (Å²) in [6.07, 6.45) is 1.50. The Balaban J connectivity index is 1.36. The zero-order chi connectivity index (χ0) is 20.9. The van der Waals surface area contributed by atoms with Gasteiger partial charge in [0.1, 0.15) is 5.82 Å². The largest absolute Gasteiger partial charge is 0.450 e. The summed E-state index contributed by atoms with van der Waals surface area (Å²) >= 11 is 0. The van der Waals surface area contributed by atoms with Gasteiger partial charge in [-0.05, 0) is 19.9 Å². The van der Waals surface area contributed by atoms with E-state index in [0.29, 0.717) is 38.0 Å². The molecule has 1 fully saturated rings. The lowest BCUT2D eigenvalue weighted by Gasteiger charge is -2.33. The number of piperazine rings is 1. The molecule has 2 aromatic heterocycles. The summed E-state index contributed by atoms with van der Waals surface area (Å²) in [5.74, 6) is 1.85. The Kier molecular flexibility index (Phi) is 5.99. The van der Waals surface area contributed by atoms with Crippen molar-refractivity contribution in [1.29, 1.82) is 0 Å². The van der Waals surface area contributed by atoms with Crippen LogP contribution in [0.2, 0.25) is 0 Å². The first kappa shape index (κ1) is 20.0. The summed E-state index contributed by atoms with van der Waals surface area (Å²) in [5.41, 5.74) is 2.77. The third kappa shape index (κ3) is 4.62. The molecule has 9 nitrogen and oxygen atoms in total. The van der Waals surface area contributed by atoms with E-state index in [9.17, 15) is 4.79 Å². The number of rotatable bonds is 5. The van der Waals surface area contributed by atoms with Crippen LogP contribution in [0.3, 0.4) is 0 Å². The number of aromatic nitrogens is 4. The molecule has 0 unspecified atom stereocenters. The predicted molar refractivity (Wildman–Crippen MR) is 109 cm³/mol. The van der Waals surface area contributed by atoms with E-state index in [2.05, 4.69) is 25.0 Å². The Bertz CT molecular complexity index is 996. The third-order valence-electron chi connectivity index (χ3n) is 4.94. The fraction of sp³-hybridized carbons (Fsp3) is 0.381. The number of hydrogen-bond donors (Lipinski definition) is 0. The Morgan fingerprint density at radius 3 is 2.50 bits per heavy atom. The minimum Gasteiger partial charge on any atom is -0.450 e. The quantitative estimate of drug-likeness (QED) is 0.636. The Morgan fingerprint density at radius 2 is 1.80 bits per heavy atom. The molecule has 0 N–H and O–H groups in total. The molecule has 3 aromatic rings. The van der Waals surface area contributed by atoms with Gasteiger partial charge < -0.3 is 14.2 Å². The highest BCUT2D eigenvalue weighted by Crippen LogP contribution is 2.22. The standard InChI is InChI=1S/C21H24N6O3/c1-3-29-21(28)27-12-10-26(11-13-27)14-19-24-20(25-30-19)17-6-4-16(5-7-17)18-8-9-22-15(2)23-18/h4-9H,3,10-14H2,1-2H3. The van der Waals surface area contributed by atoms with E-state index in [1.807, 2.05) is 44.2 Å². The fourth-order valence-electron chi connectivity index (χ4n) is 3.34. The van der Waals surface area contributed by atoms with Crippen LogP contribution in [0.25, 0.3) is 22.6 Å². The Labute approximate surface area is 174 Å². The normalized spacial score (nSPS) is 14.7. The van der Waals surface area contributed by atoms with Gasteiger partial charge in [-0.2, -0.15) is 4.98 Å². The number of hydrogen-bond acceptors (Lipinski definition) is 8. The summed E-state index contributed by atoms with van der Waals surface area (Å²) < 4.78 is 10.5. The average Bonchev–Trinajstić information content (AvgIpc) is 3.23. The van der Waals surface area contributed by atoms with Crippen LogP contribution in [0.15, 0.2) is 41.1 Å². The molecule has 4 rings (SSSR count). The van der Waals surface area contributed by atoms with Gasteiger partial charge >= 0.3 is 6.09 Å². The number of carbonyl (C=O) groups is 1. The molecule has 0 bridgehead atoms. The second-order valence-corrected chi connectivity index (χ2v) is 7.04. The van der Waals surface area contributed by atoms with E-state index in [1.54, 1.807) is 11.1 Å². The number of benzene rings is 1. The zero-order valence-electron chi connectivity index (χ0n) is 17.1. The molecule has 0 radical (unpaired) electrons. The van der Waals surface area contributed by atoms with Gasteiger partial charge in [-0.25, -0.2) is 14.8 Å². The molecule has 30 heavy (non-hydrogen) atoms. The van der Waals surface area contributed by atoms with Crippen LogP contribution in [0.5, 0.6) is 0 Å². The van der Waals surface area contributed by atoms with Crippen LogP contribution in [-0.2, 0) is 11.3 Å². The molecule has 1 amide bonds. The lowest BCUT2D eigenvalue weighted by atomic mass is 10.1. The van der Waals surface area contributed by atoms with Crippen LogP contribution >= 0.6 is 0 Å². The highest BCUT2D eigenvalue weighted by Gasteiger charge is 2.23. The molecule has 0 aliphatic carbocycles. The molecular formula is C21H24N6O3. The molecular weight excluding hydrogens is 384 g/mol. The third-order valence-corrected chi connectivity index (χ3v) is 4.94. The van der Waals surface area contributed by atoms with E-state index in [1.165, 1.54) is 0 Å². The van der Waals surface area contributed by atoms with Crippen molar-refractivity contribution in [2.45, 2.75) is 20.4 Å². The van der Waals surface area contributed by atoms with Crippen LogP contribution in [-0.4, -0.2) is 68.8 Å². The molecule has 0 spiro atoms. The molecule has 0 saturated carbocycles. The molecule has 3 heterocycles. The topological polar surface area (TPSA) is 97.5 Å². The number of ether oxygens (including phenoxy) is 1. The van der Waals surface area contributed by atoms with Crippen molar-refractivity contribution in [3.63, 3.8) is 0 Å². The lowest BCUT2D eigenvalue weighted by Crippen LogP contribution is -2.48. The first-order chi connectivity index (χ1) is 14.6. The van der Waals surface area contributed by atoms with E-state index < -0.39 is 0 Å². The highest BCUT2D eigenvalue weighted by atomic mass is 16.6. The van der Waals surface area contributed by atoms with E-state index in [0.717, 1.165) is 35.7 Å². The Morgan fingerprint density at radius 1 is 1.07 bits per heavy atom. The van der Waals surface area contributed by atoms with Crippen molar-refractivity contribution < 1.29 is 14.1 Å². The minimum absolute atomic E-state index is 0.252. The van der Waals surface area contributed by atoms with E-state index >= 15 is 0 Å². The van der Waals surface area contributed by atoms with Crippen LogP contribution < -0.4 is 0 Å². The minimum atomic E-state index is -0.252. The fourth-order valence-corrected chi connectivity index (χ4v) is 3.34. The summed E-state index contributed by atoms with van der Waals surface area (Å²) in [6, 6.07) is 9.78. The average molecular weight is 408 g/mol. The van der Waals surface area contributed by atoms with E-state index in [4.69, 9.17) is 9.26 Å². The second-order valence-electron chi connectivity index (χ2n) is 7.04. The summed E-state index contributed by atoms with van der Waals surface area (Å²) in [4.78, 5) is 28.8. The maximum Gasteiger partial charge on any atom is 0.409 e. The van der Waals surface area contributed by atoms with Gasteiger partial charge in [0.05, 0.1) is 18.8 Å². The van der Waals surface area contributed by atoms with Crippen LogP contribution in [0.4, 0.5) is 4.79 Å². The highest BCUT2D eigenvalue weighted by molar-refractivity contribution is 5.67. The van der Waals surface area contributed by atoms with Crippen molar-refractivity contribution in [2.24, 2.45) is 0 Å². The molecule has 1 aliphatic rings. The van der Waals surface area contributed by atoms with Gasteiger partial charge in [0.2, 0.25) is 11.7 Å². The summed E-state index contributed by atoms with van der Waals surface area (Å²) in [5, 5.41) is 4.11. The van der Waals surface area contributed by atoms with Gasteiger partial charge in [-0.1, -0.05) is 29.4 Å². The van der Waals surface area contributed by atoms with Gasteiger partial charge in [0.15, 0.2) is 0 Å². The molecule has 1 saturated heterocycles. The second kappa shape index (κ2) is 9.00. The van der Waals surface area contributed by atoms with Crippen molar-refractivity contribution in [2.75, 3.05) is 32.8 Å². The molecule has 9 heteroatoms. The maximum atomic E-state index is 11.8. The van der Waals surface area contributed by atoms with Crippen molar-refractivity contribution >= 4 is 6.09 Å². The van der Waals surface area contributed by atoms with Crippen molar-refractivity contribution in [1.82, 2.24) is 29.9 Å². The summed E-state index contributed by atoms with van der Waals surface area (Å²) in [6.45, 7) is 7.37. The number of nitrogens with zero attached hydrogens (tertiary/aromatic N) is 6. The number of carbonyl (C=O) groups excluding carboxylic acids is 1. The number of amides is 1. The van der Waals surface area contributed by atoms with Gasteiger partial charge in [-0.3, -0.25) is 4.90 Å². The first-order valence-corrected chi connectivity index (χ1v) is 9.99.